The van der Waals surface area contributed by atoms with Gasteiger partial charge < -0.3 is 9.64 Å². The molecule has 0 spiro atoms. The highest BCUT2D eigenvalue weighted by Crippen LogP contribution is 2.28. The van der Waals surface area contributed by atoms with Crippen molar-refractivity contribution in [3.63, 3.8) is 0 Å². The van der Waals surface area contributed by atoms with Crippen molar-refractivity contribution in [2.45, 2.75) is 12.1 Å². The molecule has 1 aromatic heterocycles. The molecule has 0 bridgehead atoms. The molecule has 0 N–H and O–H groups in total. The van der Waals surface area contributed by atoms with Crippen LogP contribution in [-0.4, -0.2) is 45.5 Å². The fourth-order valence-corrected chi connectivity index (χ4v) is 4.21. The molecule has 1 amide bonds. The zero-order valence-electron chi connectivity index (χ0n) is 19.0. The van der Waals surface area contributed by atoms with E-state index >= 15 is 0 Å². The standard InChI is InChI=1S/C26H23FN4O3S/c1-2-30(21-9-5-3-6-10-21)23(32)17-34-24(33)18-35-26-29-28-25(19-13-15-20(27)16-14-19)31(26)22-11-7-4-8-12-22/h3-16H,2,17-18H2,1H3. The molecule has 0 aliphatic carbocycles. The minimum atomic E-state index is -0.543. The number of rotatable bonds is 9. The van der Waals surface area contributed by atoms with Crippen molar-refractivity contribution >= 4 is 29.3 Å². The van der Waals surface area contributed by atoms with Crippen molar-refractivity contribution in [3.8, 4) is 17.1 Å². The number of hydrogen-bond donors (Lipinski definition) is 0. The van der Waals surface area contributed by atoms with Crippen molar-refractivity contribution in [3.05, 3.63) is 90.7 Å². The van der Waals surface area contributed by atoms with Gasteiger partial charge in [-0.25, -0.2) is 4.39 Å². The van der Waals surface area contributed by atoms with Gasteiger partial charge >= 0.3 is 5.97 Å². The van der Waals surface area contributed by atoms with Crippen molar-refractivity contribution in [2.24, 2.45) is 0 Å². The number of ether oxygens (including phenoxy) is 1. The molecule has 0 aliphatic rings. The minimum absolute atomic E-state index is 0.0564. The summed E-state index contributed by atoms with van der Waals surface area (Å²) in [6.07, 6.45) is 0. The molecule has 0 fully saturated rings. The number of esters is 1. The first-order valence-electron chi connectivity index (χ1n) is 11.0. The average Bonchev–Trinajstić information content (AvgIpc) is 3.32. The SMILES string of the molecule is CCN(C(=O)COC(=O)CSc1nnc(-c2ccc(F)cc2)n1-c1ccccc1)c1ccccc1. The van der Waals surface area contributed by atoms with Crippen LogP contribution in [0.3, 0.4) is 0 Å². The van der Waals surface area contributed by atoms with E-state index in [9.17, 15) is 14.0 Å². The van der Waals surface area contributed by atoms with Crippen LogP contribution in [0.1, 0.15) is 6.92 Å². The first kappa shape index (κ1) is 24.2. The summed E-state index contributed by atoms with van der Waals surface area (Å²) < 4.78 is 20.4. The maximum atomic E-state index is 13.4. The molecule has 0 radical (unpaired) electrons. The molecule has 35 heavy (non-hydrogen) atoms. The van der Waals surface area contributed by atoms with Gasteiger partial charge in [-0.1, -0.05) is 48.2 Å². The second-order valence-corrected chi connectivity index (χ2v) is 8.35. The topological polar surface area (TPSA) is 77.3 Å². The lowest BCUT2D eigenvalue weighted by molar-refractivity contribution is -0.145. The predicted octanol–water partition coefficient (Wildman–Crippen LogP) is 4.76. The third kappa shape index (κ3) is 5.93. The first-order valence-corrected chi connectivity index (χ1v) is 12.0. The predicted molar refractivity (Wildman–Crippen MR) is 133 cm³/mol. The van der Waals surface area contributed by atoms with Gasteiger partial charge in [-0.3, -0.25) is 14.2 Å². The van der Waals surface area contributed by atoms with Gasteiger partial charge in [0, 0.05) is 23.5 Å². The fraction of sp³-hybridized carbons (Fsp3) is 0.154. The number of benzene rings is 3. The van der Waals surface area contributed by atoms with Gasteiger partial charge in [-0.05, 0) is 55.5 Å². The Morgan fingerprint density at radius 2 is 1.60 bits per heavy atom. The molecule has 178 valence electrons. The van der Waals surface area contributed by atoms with E-state index in [-0.39, 0.29) is 24.1 Å². The third-order valence-corrected chi connectivity index (χ3v) is 6.01. The zero-order chi connectivity index (χ0) is 24.6. The van der Waals surface area contributed by atoms with E-state index in [0.717, 1.165) is 23.1 Å². The Balaban J connectivity index is 1.44. The highest BCUT2D eigenvalue weighted by molar-refractivity contribution is 7.99. The fourth-order valence-electron chi connectivity index (χ4n) is 3.46. The molecule has 0 saturated carbocycles. The highest BCUT2D eigenvalue weighted by atomic mass is 32.2. The van der Waals surface area contributed by atoms with Gasteiger partial charge in [0.25, 0.3) is 5.91 Å². The Hall–Kier alpha value is -3.98. The normalized spacial score (nSPS) is 10.7. The Kier molecular flexibility index (Phi) is 7.89. The van der Waals surface area contributed by atoms with E-state index in [4.69, 9.17) is 4.74 Å². The van der Waals surface area contributed by atoms with E-state index in [0.29, 0.717) is 23.1 Å². The monoisotopic (exact) mass is 490 g/mol. The van der Waals surface area contributed by atoms with Crippen LogP contribution in [0, 0.1) is 5.82 Å². The molecule has 9 heteroatoms. The molecule has 0 aliphatic heterocycles. The van der Waals surface area contributed by atoms with Crippen molar-refractivity contribution in [1.29, 1.82) is 0 Å². The molecular formula is C26H23FN4O3S. The van der Waals surface area contributed by atoms with E-state index in [2.05, 4.69) is 10.2 Å². The maximum Gasteiger partial charge on any atom is 0.316 e. The van der Waals surface area contributed by atoms with Crippen molar-refractivity contribution in [1.82, 2.24) is 14.8 Å². The number of carbonyl (C=O) groups excluding carboxylic acids is 2. The lowest BCUT2D eigenvalue weighted by atomic mass is 10.2. The minimum Gasteiger partial charge on any atom is -0.455 e. The van der Waals surface area contributed by atoms with E-state index in [1.807, 2.05) is 67.6 Å². The van der Waals surface area contributed by atoms with Gasteiger partial charge in [-0.15, -0.1) is 10.2 Å². The van der Waals surface area contributed by atoms with Gasteiger partial charge in [0.1, 0.15) is 5.82 Å². The molecular weight excluding hydrogens is 467 g/mol. The quantitative estimate of drug-likeness (QED) is 0.249. The number of likely N-dealkylation sites (N-methyl/N-ethyl adjacent to an activating group) is 1. The Bertz CT molecular complexity index is 1280. The lowest BCUT2D eigenvalue weighted by Gasteiger charge is -2.20. The molecule has 3 aromatic carbocycles. The van der Waals surface area contributed by atoms with Crippen molar-refractivity contribution in [2.75, 3.05) is 23.8 Å². The van der Waals surface area contributed by atoms with Gasteiger partial charge in [0.15, 0.2) is 17.6 Å². The van der Waals surface area contributed by atoms with Crippen LogP contribution in [0.15, 0.2) is 90.1 Å². The van der Waals surface area contributed by atoms with Gasteiger partial charge in [0.05, 0.1) is 5.75 Å². The van der Waals surface area contributed by atoms with Crippen LogP contribution in [0.5, 0.6) is 0 Å². The van der Waals surface area contributed by atoms with Gasteiger partial charge in [0.2, 0.25) is 0 Å². The summed E-state index contributed by atoms with van der Waals surface area (Å²) in [5, 5.41) is 8.98. The molecule has 7 nitrogen and oxygen atoms in total. The number of thioether (sulfide) groups is 1. The van der Waals surface area contributed by atoms with E-state index < -0.39 is 5.97 Å². The van der Waals surface area contributed by atoms with Crippen LogP contribution in [0.4, 0.5) is 10.1 Å². The summed E-state index contributed by atoms with van der Waals surface area (Å²) in [6, 6.07) is 24.6. The number of para-hydroxylation sites is 2. The summed E-state index contributed by atoms with van der Waals surface area (Å²) in [7, 11) is 0. The Morgan fingerprint density at radius 3 is 2.26 bits per heavy atom. The maximum absolute atomic E-state index is 13.4. The zero-order valence-corrected chi connectivity index (χ0v) is 19.8. The molecule has 4 rings (SSSR count). The van der Waals surface area contributed by atoms with E-state index in [1.54, 1.807) is 21.6 Å². The number of carbonyl (C=O) groups is 2. The number of halogens is 1. The number of nitrogens with zero attached hydrogens (tertiary/aromatic N) is 4. The summed E-state index contributed by atoms with van der Waals surface area (Å²) >= 11 is 1.15. The highest BCUT2D eigenvalue weighted by Gasteiger charge is 2.19. The largest absolute Gasteiger partial charge is 0.455 e. The lowest BCUT2D eigenvalue weighted by Crippen LogP contribution is -2.34. The molecule has 0 unspecified atom stereocenters. The number of anilines is 1. The molecule has 0 atom stereocenters. The second-order valence-electron chi connectivity index (χ2n) is 7.41. The summed E-state index contributed by atoms with van der Waals surface area (Å²) in [5.74, 6) is -0.732. The van der Waals surface area contributed by atoms with E-state index in [1.165, 1.54) is 12.1 Å². The van der Waals surface area contributed by atoms with Crippen LogP contribution in [-0.2, 0) is 14.3 Å². The van der Waals surface area contributed by atoms with Gasteiger partial charge in [-0.2, -0.15) is 0 Å². The average molecular weight is 491 g/mol. The first-order chi connectivity index (χ1) is 17.1. The van der Waals surface area contributed by atoms with Crippen LogP contribution in [0.25, 0.3) is 17.1 Å². The molecule has 4 aromatic rings. The molecule has 0 saturated heterocycles. The number of hydrogen-bond acceptors (Lipinski definition) is 6. The number of aromatic nitrogens is 3. The summed E-state index contributed by atoms with van der Waals surface area (Å²) in [5.41, 5.74) is 2.22. The summed E-state index contributed by atoms with van der Waals surface area (Å²) in [6.45, 7) is 1.97. The van der Waals surface area contributed by atoms with Crippen LogP contribution in [0.2, 0.25) is 0 Å². The van der Waals surface area contributed by atoms with Crippen molar-refractivity contribution < 1.29 is 18.7 Å². The van der Waals surface area contributed by atoms with Crippen LogP contribution < -0.4 is 4.90 Å². The Morgan fingerprint density at radius 1 is 0.943 bits per heavy atom. The number of amides is 1. The Labute approximate surface area is 206 Å². The second kappa shape index (κ2) is 11.4. The van der Waals surface area contributed by atoms with Crippen LogP contribution >= 0.6 is 11.8 Å². The summed E-state index contributed by atoms with van der Waals surface area (Å²) in [4.78, 5) is 26.5. The smallest absolute Gasteiger partial charge is 0.316 e. The molecule has 1 heterocycles. The third-order valence-electron chi connectivity index (χ3n) is 5.11.